The molecule has 200 valence electrons. The monoisotopic (exact) mass is 565 g/mol. The van der Waals surface area contributed by atoms with E-state index in [9.17, 15) is 9.59 Å². The average Bonchev–Trinajstić information content (AvgIpc) is 2.96. The first-order chi connectivity index (χ1) is 18.9. The summed E-state index contributed by atoms with van der Waals surface area (Å²) in [4.78, 5) is 31.1. The van der Waals surface area contributed by atoms with E-state index in [0.717, 1.165) is 10.3 Å². The largest absolute Gasteiger partial charge is 0.497 e. The Hall–Kier alpha value is -4.21. The number of aromatic nitrogens is 1. The van der Waals surface area contributed by atoms with E-state index in [0.29, 0.717) is 38.3 Å². The van der Waals surface area contributed by atoms with Gasteiger partial charge in [-0.3, -0.25) is 4.98 Å². The van der Waals surface area contributed by atoms with Crippen LogP contribution in [0.25, 0.3) is 17.0 Å². The maximum atomic E-state index is 12.9. The lowest BCUT2D eigenvalue weighted by Crippen LogP contribution is -2.11. The lowest BCUT2D eigenvalue weighted by molar-refractivity contribution is -0.135. The molecular weight excluding hydrogens is 542 g/mol. The van der Waals surface area contributed by atoms with Gasteiger partial charge in [0, 0.05) is 27.6 Å². The number of halogens is 1. The molecule has 0 aliphatic heterocycles. The summed E-state index contributed by atoms with van der Waals surface area (Å²) in [5.74, 6) is 0.135. The minimum Gasteiger partial charge on any atom is -0.497 e. The van der Waals surface area contributed by atoms with Gasteiger partial charge in [-0.2, -0.15) is 0 Å². The van der Waals surface area contributed by atoms with Crippen molar-refractivity contribution in [3.8, 4) is 23.0 Å². The summed E-state index contributed by atoms with van der Waals surface area (Å²) in [5.41, 5.74) is 1.56. The van der Waals surface area contributed by atoms with Crippen LogP contribution in [-0.2, 0) is 9.53 Å². The summed E-state index contributed by atoms with van der Waals surface area (Å²) in [5, 5.41) is 1.43. The molecule has 3 aromatic carbocycles. The Kier molecular flexibility index (Phi) is 8.96. The molecule has 0 saturated carbocycles. The predicted octanol–water partition coefficient (Wildman–Crippen LogP) is 6.44. The summed E-state index contributed by atoms with van der Waals surface area (Å²) in [6.07, 6.45) is 3.35. The van der Waals surface area contributed by atoms with Gasteiger partial charge in [0.15, 0.2) is 11.5 Å². The highest BCUT2D eigenvalue weighted by Crippen LogP contribution is 2.37. The van der Waals surface area contributed by atoms with Gasteiger partial charge in [0.25, 0.3) is 0 Å². The summed E-state index contributed by atoms with van der Waals surface area (Å²) >= 11 is 7.35. The van der Waals surface area contributed by atoms with Crippen molar-refractivity contribution >= 4 is 52.3 Å². The number of hydrogen-bond donors (Lipinski definition) is 0. The van der Waals surface area contributed by atoms with Crippen molar-refractivity contribution in [2.45, 2.75) is 4.90 Å². The molecule has 1 heterocycles. The second-order valence-corrected chi connectivity index (χ2v) is 9.46. The Labute approximate surface area is 234 Å². The zero-order chi connectivity index (χ0) is 27.9. The van der Waals surface area contributed by atoms with E-state index in [1.807, 2.05) is 12.1 Å². The maximum Gasteiger partial charge on any atom is 0.347 e. The number of rotatable bonds is 9. The van der Waals surface area contributed by atoms with Crippen LogP contribution in [0.2, 0.25) is 5.02 Å². The quantitative estimate of drug-likeness (QED) is 0.0983. The number of hydrogen-bond acceptors (Lipinski definition) is 9. The number of esters is 2. The van der Waals surface area contributed by atoms with Gasteiger partial charge in [0.05, 0.1) is 38.9 Å². The minimum absolute atomic E-state index is 0.146. The van der Waals surface area contributed by atoms with Crippen molar-refractivity contribution in [1.82, 2.24) is 4.98 Å². The van der Waals surface area contributed by atoms with Gasteiger partial charge in [0.2, 0.25) is 0 Å². The number of methoxy groups -OCH3 is 4. The van der Waals surface area contributed by atoms with Gasteiger partial charge < -0.3 is 23.7 Å². The van der Waals surface area contributed by atoms with E-state index in [-0.39, 0.29) is 11.3 Å². The van der Waals surface area contributed by atoms with E-state index in [1.54, 1.807) is 54.7 Å². The first kappa shape index (κ1) is 27.8. The Bertz CT molecular complexity index is 1550. The van der Waals surface area contributed by atoms with Gasteiger partial charge in [-0.25, -0.2) is 9.59 Å². The lowest BCUT2D eigenvalue weighted by Gasteiger charge is -2.14. The van der Waals surface area contributed by atoms with E-state index in [1.165, 1.54) is 46.3 Å². The van der Waals surface area contributed by atoms with Crippen LogP contribution in [0.1, 0.15) is 15.9 Å². The second-order valence-electron chi connectivity index (χ2n) is 7.94. The number of ether oxygens (including phenoxy) is 5. The normalized spacial score (nSPS) is 11.2. The molecule has 0 fully saturated rings. The van der Waals surface area contributed by atoms with Gasteiger partial charge in [-0.1, -0.05) is 41.6 Å². The topological polar surface area (TPSA) is 93.2 Å². The molecule has 4 rings (SSSR count). The van der Waals surface area contributed by atoms with E-state index < -0.39 is 11.9 Å². The number of nitrogens with zero attached hydrogens (tertiary/aromatic N) is 1. The first-order valence-electron chi connectivity index (χ1n) is 11.5. The second kappa shape index (κ2) is 12.6. The van der Waals surface area contributed by atoms with Crippen LogP contribution >= 0.6 is 23.4 Å². The highest BCUT2D eigenvalue weighted by Gasteiger charge is 2.21. The minimum atomic E-state index is -0.650. The molecule has 0 unspecified atom stereocenters. The third-order valence-corrected chi connectivity index (χ3v) is 6.88. The third-order valence-electron chi connectivity index (χ3n) is 5.57. The zero-order valence-electron chi connectivity index (χ0n) is 21.5. The van der Waals surface area contributed by atoms with Crippen molar-refractivity contribution in [2.24, 2.45) is 0 Å². The van der Waals surface area contributed by atoms with Crippen LogP contribution in [0, 0.1) is 0 Å². The van der Waals surface area contributed by atoms with Crippen LogP contribution in [0.15, 0.2) is 76.7 Å². The molecule has 10 heteroatoms. The number of pyridine rings is 1. The van der Waals surface area contributed by atoms with Gasteiger partial charge in [-0.15, -0.1) is 0 Å². The fraction of sp³-hybridized carbons (Fsp3) is 0.138. The molecule has 0 saturated heterocycles. The Morgan fingerprint density at radius 1 is 0.872 bits per heavy atom. The van der Waals surface area contributed by atoms with Crippen molar-refractivity contribution in [3.05, 3.63) is 87.9 Å². The molecule has 0 radical (unpaired) electrons. The Morgan fingerprint density at radius 2 is 1.64 bits per heavy atom. The Balaban J connectivity index is 1.58. The van der Waals surface area contributed by atoms with E-state index >= 15 is 0 Å². The maximum absolute atomic E-state index is 12.9. The average molecular weight is 566 g/mol. The Morgan fingerprint density at radius 3 is 2.31 bits per heavy atom. The lowest BCUT2D eigenvalue weighted by atomic mass is 10.1. The molecule has 0 spiro atoms. The molecule has 0 N–H and O–H groups in total. The van der Waals surface area contributed by atoms with Crippen molar-refractivity contribution in [3.63, 3.8) is 0 Å². The SMILES string of the molecule is COC(=O)/C(=C\c1ccc(OC(=O)c2cc(OC)cc(OC)c2OC)cc1)Sc1ccnc2cc(Cl)ccc12. The summed E-state index contributed by atoms with van der Waals surface area (Å²) < 4.78 is 26.5. The summed E-state index contributed by atoms with van der Waals surface area (Å²) in [7, 11) is 5.71. The van der Waals surface area contributed by atoms with Crippen molar-refractivity contribution < 1.29 is 33.3 Å². The van der Waals surface area contributed by atoms with Crippen molar-refractivity contribution in [1.29, 1.82) is 0 Å². The van der Waals surface area contributed by atoms with Crippen LogP contribution in [0.4, 0.5) is 0 Å². The van der Waals surface area contributed by atoms with Crippen LogP contribution in [0.5, 0.6) is 23.0 Å². The molecule has 0 atom stereocenters. The van der Waals surface area contributed by atoms with Crippen LogP contribution < -0.4 is 18.9 Å². The number of carbonyl (C=O) groups excluding carboxylic acids is 2. The zero-order valence-corrected chi connectivity index (χ0v) is 23.1. The van der Waals surface area contributed by atoms with Crippen LogP contribution in [-0.4, -0.2) is 45.4 Å². The highest BCUT2D eigenvalue weighted by atomic mass is 35.5. The fourth-order valence-electron chi connectivity index (χ4n) is 3.69. The molecule has 8 nitrogen and oxygen atoms in total. The summed E-state index contributed by atoms with van der Waals surface area (Å²) in [6, 6.07) is 17.0. The third kappa shape index (κ3) is 6.45. The van der Waals surface area contributed by atoms with Gasteiger partial charge in [-0.05, 0) is 48.0 Å². The highest BCUT2D eigenvalue weighted by molar-refractivity contribution is 8.04. The molecule has 0 aliphatic carbocycles. The molecule has 4 aromatic rings. The number of benzene rings is 3. The summed E-state index contributed by atoms with van der Waals surface area (Å²) in [6.45, 7) is 0. The molecular formula is C29H24ClNO7S. The number of fused-ring (bicyclic) bond motifs is 1. The van der Waals surface area contributed by atoms with Gasteiger partial charge in [0.1, 0.15) is 17.1 Å². The standard InChI is InChI=1S/C29H24ClNO7S/c1-34-20-15-22(27(36-3)24(16-20)35-2)28(32)38-19-8-5-17(6-9-19)13-26(29(33)37-4)39-25-11-12-31-23-14-18(30)7-10-21(23)25/h5-16H,1-4H3/b26-13+. The smallest absolute Gasteiger partial charge is 0.347 e. The molecule has 0 aliphatic rings. The molecule has 0 bridgehead atoms. The fourth-order valence-corrected chi connectivity index (χ4v) is 4.86. The van der Waals surface area contributed by atoms with Gasteiger partial charge >= 0.3 is 11.9 Å². The molecule has 0 amide bonds. The van der Waals surface area contributed by atoms with Crippen molar-refractivity contribution in [2.75, 3.05) is 28.4 Å². The predicted molar refractivity (Wildman–Crippen MR) is 150 cm³/mol. The van der Waals surface area contributed by atoms with E-state index in [2.05, 4.69) is 4.98 Å². The molecule has 1 aromatic heterocycles. The number of carbonyl (C=O) groups is 2. The van der Waals surface area contributed by atoms with E-state index in [4.69, 9.17) is 35.3 Å². The molecule has 39 heavy (non-hydrogen) atoms. The van der Waals surface area contributed by atoms with Crippen LogP contribution in [0.3, 0.4) is 0 Å². The number of thioether (sulfide) groups is 1. The first-order valence-corrected chi connectivity index (χ1v) is 12.7.